The summed E-state index contributed by atoms with van der Waals surface area (Å²) in [5, 5.41) is 2.24. The lowest BCUT2D eigenvalue weighted by atomic mass is 9.71. The summed E-state index contributed by atoms with van der Waals surface area (Å²) in [7, 11) is 0. The van der Waals surface area contributed by atoms with Crippen LogP contribution >= 0.6 is 0 Å². The highest BCUT2D eigenvalue weighted by atomic mass is 16.3. The lowest BCUT2D eigenvalue weighted by molar-refractivity contribution is 0.545. The van der Waals surface area contributed by atoms with E-state index in [9.17, 15) is 0 Å². The molecule has 2 aliphatic carbocycles. The summed E-state index contributed by atoms with van der Waals surface area (Å²) in [6, 6.07) is 52.1. The maximum Gasteiger partial charge on any atom is 0.137 e. The van der Waals surface area contributed by atoms with Crippen molar-refractivity contribution in [2.45, 2.75) is 90.9 Å². The molecule has 0 bridgehead atoms. The summed E-state index contributed by atoms with van der Waals surface area (Å²) >= 11 is 0. The maximum absolute atomic E-state index is 6.50. The van der Waals surface area contributed by atoms with Crippen molar-refractivity contribution in [3.05, 3.63) is 173 Å². The largest absolute Gasteiger partial charge is 0.456 e. The van der Waals surface area contributed by atoms with Crippen LogP contribution in [0.3, 0.4) is 0 Å². The molecule has 0 amide bonds. The van der Waals surface area contributed by atoms with Crippen LogP contribution in [0.15, 0.2) is 144 Å². The van der Waals surface area contributed by atoms with Crippen molar-refractivity contribution in [3.8, 4) is 33.4 Å². The molecule has 0 radical (unpaired) electrons. The molecule has 288 valence electrons. The van der Waals surface area contributed by atoms with Crippen molar-refractivity contribution in [2.24, 2.45) is 0 Å². The predicted octanol–water partition coefficient (Wildman–Crippen LogP) is 15.9. The minimum atomic E-state index is -0.143. The molecule has 2 heteroatoms. The molecule has 2 aliphatic rings. The van der Waals surface area contributed by atoms with Crippen molar-refractivity contribution in [3.63, 3.8) is 0 Å². The molecule has 0 saturated carbocycles. The summed E-state index contributed by atoms with van der Waals surface area (Å²) in [6.07, 6.45) is 0. The average Bonchev–Trinajstić information content (AvgIpc) is 3.77. The zero-order valence-electron chi connectivity index (χ0n) is 35.6. The third kappa shape index (κ3) is 5.30. The molecule has 0 N–H and O–H groups in total. The number of furan rings is 1. The third-order valence-electron chi connectivity index (χ3n) is 13.3. The molecule has 0 aliphatic heterocycles. The molecule has 7 aromatic carbocycles. The number of anilines is 3. The number of rotatable bonds is 4. The van der Waals surface area contributed by atoms with Crippen molar-refractivity contribution < 1.29 is 4.42 Å². The Labute approximate surface area is 344 Å². The van der Waals surface area contributed by atoms with Crippen LogP contribution < -0.4 is 4.90 Å². The topological polar surface area (TPSA) is 16.4 Å². The molecule has 0 unspecified atom stereocenters. The molecule has 1 aromatic heterocycles. The highest BCUT2D eigenvalue weighted by Crippen LogP contribution is 2.57. The number of hydrogen-bond acceptors (Lipinski definition) is 2. The van der Waals surface area contributed by atoms with E-state index >= 15 is 0 Å². The highest BCUT2D eigenvalue weighted by molar-refractivity contribution is 6.13. The molecule has 0 atom stereocenters. The smallest absolute Gasteiger partial charge is 0.137 e. The van der Waals surface area contributed by atoms with Crippen molar-refractivity contribution in [2.75, 3.05) is 4.90 Å². The summed E-state index contributed by atoms with van der Waals surface area (Å²) in [5.41, 5.74) is 21.1. The van der Waals surface area contributed by atoms with Gasteiger partial charge in [0.25, 0.3) is 0 Å². The van der Waals surface area contributed by atoms with Gasteiger partial charge in [-0.1, -0.05) is 166 Å². The normalized spacial score (nSPS) is 15.0. The second kappa shape index (κ2) is 12.3. The first-order valence-corrected chi connectivity index (χ1v) is 20.9. The Hall–Kier alpha value is -5.86. The summed E-state index contributed by atoms with van der Waals surface area (Å²) in [6.45, 7) is 23.7. The fourth-order valence-electron chi connectivity index (χ4n) is 10.3. The second-order valence-corrected chi connectivity index (χ2v) is 19.8. The van der Waals surface area contributed by atoms with E-state index in [4.69, 9.17) is 4.42 Å². The van der Waals surface area contributed by atoms with Gasteiger partial charge in [-0.3, -0.25) is 0 Å². The minimum Gasteiger partial charge on any atom is -0.456 e. The molecular formula is C56H53NO. The molecule has 1 heterocycles. The third-order valence-corrected chi connectivity index (χ3v) is 13.3. The molecular weight excluding hydrogens is 703 g/mol. The number of fused-ring (bicyclic) bond motifs is 9. The molecule has 0 spiro atoms. The van der Waals surface area contributed by atoms with E-state index in [1.54, 1.807) is 0 Å². The van der Waals surface area contributed by atoms with Crippen molar-refractivity contribution >= 4 is 39.0 Å². The van der Waals surface area contributed by atoms with Gasteiger partial charge in [-0.15, -0.1) is 0 Å². The lowest BCUT2D eigenvalue weighted by Gasteiger charge is -2.32. The Bertz CT molecular complexity index is 2970. The van der Waals surface area contributed by atoms with E-state index in [1.807, 2.05) is 0 Å². The first-order chi connectivity index (χ1) is 27.5. The Morgan fingerprint density at radius 1 is 0.483 bits per heavy atom. The summed E-state index contributed by atoms with van der Waals surface area (Å²) in [4.78, 5) is 2.46. The van der Waals surface area contributed by atoms with Gasteiger partial charge in [0.05, 0.1) is 11.1 Å². The molecule has 8 aromatic rings. The Morgan fingerprint density at radius 3 is 1.93 bits per heavy atom. The molecule has 10 rings (SSSR count). The predicted molar refractivity (Wildman–Crippen MR) is 246 cm³/mol. The van der Waals surface area contributed by atoms with Crippen LogP contribution in [-0.2, 0) is 21.7 Å². The van der Waals surface area contributed by atoms with Crippen LogP contribution in [0.25, 0.3) is 55.3 Å². The van der Waals surface area contributed by atoms with Crippen molar-refractivity contribution in [1.29, 1.82) is 0 Å². The van der Waals surface area contributed by atoms with E-state index < -0.39 is 0 Å². The van der Waals surface area contributed by atoms with Gasteiger partial charge in [-0.05, 0) is 120 Å². The maximum atomic E-state index is 6.50. The summed E-state index contributed by atoms with van der Waals surface area (Å²) < 4.78 is 6.50. The first-order valence-electron chi connectivity index (χ1n) is 20.9. The Balaban J connectivity index is 1.22. The second-order valence-electron chi connectivity index (χ2n) is 19.8. The van der Waals surface area contributed by atoms with Crippen LogP contribution in [-0.4, -0.2) is 0 Å². The number of benzene rings is 7. The van der Waals surface area contributed by atoms with Gasteiger partial charge in [0.2, 0.25) is 0 Å². The van der Waals surface area contributed by atoms with Crippen molar-refractivity contribution in [1.82, 2.24) is 0 Å². The van der Waals surface area contributed by atoms with Gasteiger partial charge in [0, 0.05) is 27.6 Å². The Kier molecular flexibility index (Phi) is 7.75. The van der Waals surface area contributed by atoms with Gasteiger partial charge in [-0.2, -0.15) is 0 Å². The van der Waals surface area contributed by atoms with Crippen LogP contribution in [0.1, 0.15) is 103 Å². The molecule has 0 saturated heterocycles. The number of hydrogen-bond donors (Lipinski definition) is 0. The van der Waals surface area contributed by atoms with E-state index in [-0.39, 0.29) is 21.7 Å². The van der Waals surface area contributed by atoms with E-state index in [0.29, 0.717) is 0 Å². The lowest BCUT2D eigenvalue weighted by Crippen LogP contribution is -2.24. The van der Waals surface area contributed by atoms with Gasteiger partial charge in [0.15, 0.2) is 0 Å². The SMILES string of the molecule is CC(C)(C)c1cc2c(c(C(C)(C)C)c1)C(C)(C)c1cccc(-c3cccc(N(c4ccc5c(c4)C(C)(C)c4ccccc4-5)c4cccc5oc6ccccc6c45)c3)c1-2. The van der Waals surface area contributed by atoms with Gasteiger partial charge >= 0.3 is 0 Å². The number of nitrogens with zero attached hydrogens (tertiary/aromatic N) is 1. The molecule has 2 nitrogen and oxygen atoms in total. The average molecular weight is 756 g/mol. The first kappa shape index (κ1) is 36.5. The van der Waals surface area contributed by atoms with Crippen LogP contribution in [0, 0.1) is 0 Å². The highest BCUT2D eigenvalue weighted by Gasteiger charge is 2.42. The van der Waals surface area contributed by atoms with Gasteiger partial charge in [-0.25, -0.2) is 0 Å². The van der Waals surface area contributed by atoms with E-state index in [0.717, 1.165) is 39.0 Å². The standard InChI is InChI=1S/C56H53NO/c1-53(2,3)35-31-42-50-38(22-16-24-44(50)56(9,10)52(42)46(32-35)54(4,5)6)34-18-15-19-36(30-34)57(47-25-17-27-49-51(47)41-21-12-14-26-48(41)58-49)37-28-29-40-39-20-11-13-23-43(39)55(7,8)45(40)33-37/h11-33H,1-10H3. The Morgan fingerprint density at radius 2 is 1.14 bits per heavy atom. The molecule has 0 fully saturated rings. The minimum absolute atomic E-state index is 0.00466. The zero-order chi connectivity index (χ0) is 40.5. The quantitative estimate of drug-likeness (QED) is 0.178. The van der Waals surface area contributed by atoms with Crippen LogP contribution in [0.2, 0.25) is 0 Å². The zero-order valence-corrected chi connectivity index (χ0v) is 35.6. The van der Waals surface area contributed by atoms with E-state index in [2.05, 4.69) is 214 Å². The van der Waals surface area contributed by atoms with Gasteiger partial charge < -0.3 is 9.32 Å². The van der Waals surface area contributed by atoms with Crippen LogP contribution in [0.5, 0.6) is 0 Å². The monoisotopic (exact) mass is 755 g/mol. The van der Waals surface area contributed by atoms with Crippen LogP contribution in [0.4, 0.5) is 17.1 Å². The fraction of sp³-hybridized carbons (Fsp3) is 0.250. The number of para-hydroxylation sites is 1. The summed E-state index contributed by atoms with van der Waals surface area (Å²) in [5.74, 6) is 0. The molecule has 58 heavy (non-hydrogen) atoms. The fourth-order valence-corrected chi connectivity index (χ4v) is 10.3. The van der Waals surface area contributed by atoms with Gasteiger partial charge in [0.1, 0.15) is 11.2 Å². The van der Waals surface area contributed by atoms with E-state index in [1.165, 1.54) is 66.8 Å².